The zero-order chi connectivity index (χ0) is 12.1. The zero-order valence-corrected chi connectivity index (χ0v) is 9.91. The van der Waals surface area contributed by atoms with Gasteiger partial charge in [-0.05, 0) is 18.6 Å². The van der Waals surface area contributed by atoms with Crippen LogP contribution in [0, 0.1) is 18.3 Å². The first-order valence-corrected chi connectivity index (χ1v) is 6.07. The van der Waals surface area contributed by atoms with Gasteiger partial charge in [0.05, 0.1) is 10.8 Å². The van der Waals surface area contributed by atoms with Crippen LogP contribution in [-0.4, -0.2) is 20.9 Å². The van der Waals surface area contributed by atoms with Crippen molar-refractivity contribution in [3.05, 3.63) is 29.3 Å². The van der Waals surface area contributed by atoms with E-state index in [1.54, 1.807) is 24.3 Å². The monoisotopic (exact) mass is 236 g/mol. The highest BCUT2D eigenvalue weighted by Gasteiger charge is 2.10. The second-order valence-corrected chi connectivity index (χ2v) is 4.88. The highest BCUT2D eigenvalue weighted by Crippen LogP contribution is 2.16. The molecule has 1 aromatic rings. The second-order valence-electron chi connectivity index (χ2n) is 3.17. The second kappa shape index (κ2) is 5.42. The molecule has 0 heterocycles. The molecule has 1 unspecified atom stereocenters. The van der Waals surface area contributed by atoms with Crippen LogP contribution in [0.25, 0.3) is 0 Å². The number of hydrogen-bond donors (Lipinski definition) is 1. The summed E-state index contributed by atoms with van der Waals surface area (Å²) < 4.78 is 11.7. The van der Waals surface area contributed by atoms with Crippen molar-refractivity contribution in [1.29, 1.82) is 5.26 Å². The van der Waals surface area contributed by atoms with Crippen molar-refractivity contribution in [1.82, 2.24) is 0 Å². The third-order valence-corrected chi connectivity index (χ3v) is 3.63. The van der Waals surface area contributed by atoms with E-state index in [0.29, 0.717) is 16.2 Å². The summed E-state index contributed by atoms with van der Waals surface area (Å²) >= 11 is 0. The molecule has 1 atom stereocenters. The lowest BCUT2D eigenvalue weighted by molar-refractivity contribution is 0.320. The summed E-state index contributed by atoms with van der Waals surface area (Å²) in [5, 5.41) is 20.2. The van der Waals surface area contributed by atoms with E-state index in [1.807, 2.05) is 13.8 Å². The number of nitriles is 1. The highest BCUT2D eigenvalue weighted by atomic mass is 32.2. The molecular formula is C11H12N2O2S. The molecule has 0 fully saturated rings. The van der Waals surface area contributed by atoms with E-state index < -0.39 is 10.8 Å². The summed E-state index contributed by atoms with van der Waals surface area (Å²) in [4.78, 5) is 0.677. The minimum Gasteiger partial charge on any atom is -0.410 e. The molecular weight excluding hydrogens is 224 g/mol. The molecule has 0 aliphatic heterocycles. The fraction of sp³-hybridized carbons (Fsp3) is 0.273. The highest BCUT2D eigenvalue weighted by molar-refractivity contribution is 7.85. The number of nitrogens with zero attached hydrogens (tertiary/aromatic N) is 2. The lowest BCUT2D eigenvalue weighted by atomic mass is 10.1. The molecule has 5 heteroatoms. The lowest BCUT2D eigenvalue weighted by Crippen LogP contribution is -2.02. The third-order valence-electron chi connectivity index (χ3n) is 2.17. The first-order chi connectivity index (χ1) is 7.63. The standard InChI is InChI=1S/C11H12N2O2S/c1-3-16(15)11-6-9(5-4-8(11)2)10(7-12)13-14/h4-6,14H,3H2,1-2H3/b13-10+. The molecule has 0 spiro atoms. The Hall–Kier alpha value is -1.67. The van der Waals surface area contributed by atoms with E-state index >= 15 is 0 Å². The fourth-order valence-electron chi connectivity index (χ4n) is 1.29. The van der Waals surface area contributed by atoms with Gasteiger partial charge in [-0.3, -0.25) is 4.21 Å². The molecule has 0 bridgehead atoms. The molecule has 4 nitrogen and oxygen atoms in total. The molecule has 1 rings (SSSR count). The Morgan fingerprint density at radius 3 is 2.81 bits per heavy atom. The molecule has 0 radical (unpaired) electrons. The van der Waals surface area contributed by atoms with E-state index in [0.717, 1.165) is 5.56 Å². The molecule has 1 aromatic carbocycles. The van der Waals surface area contributed by atoms with Crippen molar-refractivity contribution in [3.63, 3.8) is 0 Å². The van der Waals surface area contributed by atoms with Gasteiger partial charge in [-0.2, -0.15) is 5.26 Å². The molecule has 0 amide bonds. The van der Waals surface area contributed by atoms with Crippen molar-refractivity contribution >= 4 is 16.5 Å². The van der Waals surface area contributed by atoms with Gasteiger partial charge in [0, 0.05) is 16.2 Å². The van der Waals surface area contributed by atoms with Crippen molar-refractivity contribution in [3.8, 4) is 6.07 Å². The summed E-state index contributed by atoms with van der Waals surface area (Å²) in [6, 6.07) is 6.84. The number of benzene rings is 1. The summed E-state index contributed by atoms with van der Waals surface area (Å²) in [6.07, 6.45) is 0. The Bertz CT molecular complexity index is 489. The van der Waals surface area contributed by atoms with Crippen LogP contribution in [0.1, 0.15) is 18.1 Å². The average molecular weight is 236 g/mol. The Balaban J connectivity index is 3.29. The van der Waals surface area contributed by atoms with E-state index in [4.69, 9.17) is 10.5 Å². The van der Waals surface area contributed by atoms with Crippen molar-refractivity contribution in [2.75, 3.05) is 5.75 Å². The van der Waals surface area contributed by atoms with Gasteiger partial charge in [0.25, 0.3) is 0 Å². The molecule has 0 aromatic heterocycles. The predicted octanol–water partition coefficient (Wildman–Crippen LogP) is 1.82. The first kappa shape index (κ1) is 12.4. The lowest BCUT2D eigenvalue weighted by Gasteiger charge is -2.05. The Labute approximate surface area is 96.7 Å². The molecule has 0 saturated heterocycles. The topological polar surface area (TPSA) is 73.5 Å². The van der Waals surface area contributed by atoms with Crippen LogP contribution in [0.3, 0.4) is 0 Å². The van der Waals surface area contributed by atoms with Gasteiger partial charge in [-0.25, -0.2) is 0 Å². The van der Waals surface area contributed by atoms with E-state index in [2.05, 4.69) is 5.16 Å². The van der Waals surface area contributed by atoms with Crippen LogP contribution < -0.4 is 0 Å². The maximum Gasteiger partial charge on any atom is 0.186 e. The quantitative estimate of drug-likeness (QED) is 0.494. The average Bonchev–Trinajstić information content (AvgIpc) is 2.31. The normalized spacial score (nSPS) is 13.2. The van der Waals surface area contributed by atoms with Crippen molar-refractivity contribution in [2.24, 2.45) is 5.16 Å². The third kappa shape index (κ3) is 2.47. The number of rotatable bonds is 3. The van der Waals surface area contributed by atoms with Crippen LogP contribution in [0.15, 0.2) is 28.3 Å². The van der Waals surface area contributed by atoms with Crippen molar-refractivity contribution in [2.45, 2.75) is 18.7 Å². The molecule has 0 saturated carbocycles. The minimum absolute atomic E-state index is 0.0747. The Morgan fingerprint density at radius 2 is 2.31 bits per heavy atom. The number of oxime groups is 1. The van der Waals surface area contributed by atoms with Gasteiger partial charge in [0.2, 0.25) is 0 Å². The maximum absolute atomic E-state index is 11.7. The van der Waals surface area contributed by atoms with Gasteiger partial charge >= 0.3 is 0 Å². The first-order valence-electron chi connectivity index (χ1n) is 4.75. The van der Waals surface area contributed by atoms with Crippen LogP contribution in [0.5, 0.6) is 0 Å². The summed E-state index contributed by atoms with van der Waals surface area (Å²) in [6.45, 7) is 3.68. The number of hydrogen-bond acceptors (Lipinski definition) is 4. The summed E-state index contributed by atoms with van der Waals surface area (Å²) in [5.41, 5.74) is 1.31. The summed E-state index contributed by atoms with van der Waals surface area (Å²) in [7, 11) is -1.08. The molecule has 0 aliphatic carbocycles. The molecule has 16 heavy (non-hydrogen) atoms. The van der Waals surface area contributed by atoms with Crippen LogP contribution in [0.4, 0.5) is 0 Å². The van der Waals surface area contributed by atoms with E-state index in [1.165, 1.54) is 0 Å². The van der Waals surface area contributed by atoms with Gasteiger partial charge in [-0.15, -0.1) is 0 Å². The maximum atomic E-state index is 11.7. The minimum atomic E-state index is -1.08. The Morgan fingerprint density at radius 1 is 1.62 bits per heavy atom. The van der Waals surface area contributed by atoms with Crippen LogP contribution in [0.2, 0.25) is 0 Å². The van der Waals surface area contributed by atoms with E-state index in [9.17, 15) is 4.21 Å². The largest absolute Gasteiger partial charge is 0.410 e. The van der Waals surface area contributed by atoms with Gasteiger partial charge in [0.15, 0.2) is 5.71 Å². The zero-order valence-electron chi connectivity index (χ0n) is 9.10. The molecule has 84 valence electrons. The SMILES string of the molecule is CCS(=O)c1cc(/C(C#N)=N/O)ccc1C. The molecule has 1 N–H and O–H groups in total. The predicted molar refractivity (Wildman–Crippen MR) is 62.1 cm³/mol. The van der Waals surface area contributed by atoms with Crippen LogP contribution in [-0.2, 0) is 10.8 Å². The van der Waals surface area contributed by atoms with Gasteiger partial charge in [-0.1, -0.05) is 24.2 Å². The number of aryl methyl sites for hydroxylation is 1. The Kier molecular flexibility index (Phi) is 4.20. The van der Waals surface area contributed by atoms with E-state index in [-0.39, 0.29) is 5.71 Å². The summed E-state index contributed by atoms with van der Waals surface area (Å²) in [5.74, 6) is 0.516. The fourth-order valence-corrected chi connectivity index (χ4v) is 2.29. The van der Waals surface area contributed by atoms with Crippen molar-refractivity contribution < 1.29 is 9.42 Å². The smallest absolute Gasteiger partial charge is 0.186 e. The van der Waals surface area contributed by atoms with Crippen LogP contribution >= 0.6 is 0 Å². The molecule has 0 aliphatic rings. The van der Waals surface area contributed by atoms with Gasteiger partial charge in [0.1, 0.15) is 6.07 Å². The van der Waals surface area contributed by atoms with Gasteiger partial charge < -0.3 is 5.21 Å².